The maximum Gasteiger partial charge on any atom is 0.305 e. The van der Waals surface area contributed by atoms with Crippen molar-refractivity contribution in [1.82, 2.24) is 9.78 Å². The molecule has 1 heterocycles. The molecule has 3 aromatic rings. The predicted octanol–water partition coefficient (Wildman–Crippen LogP) is 4.20. The average molecular weight is 382 g/mol. The zero-order valence-electron chi connectivity index (χ0n) is 14.7. The van der Waals surface area contributed by atoms with Crippen molar-refractivity contribution in [2.24, 2.45) is 0 Å². The molecule has 1 aromatic heterocycles. The Labute approximate surface area is 159 Å². The third-order valence-corrected chi connectivity index (χ3v) is 4.01. The van der Waals surface area contributed by atoms with E-state index in [4.69, 9.17) is 5.11 Å². The largest absolute Gasteiger partial charge is 0.481 e. The lowest BCUT2D eigenvalue weighted by Crippen LogP contribution is -2.04. The number of hydrogen-bond donors (Lipinski definition) is 1. The SMILES string of the molecule is O=C(O)CCn1cc(C=CC(=O)c2ccc(F)cc2)c(-c2ccc(F)cc2)n1. The van der Waals surface area contributed by atoms with E-state index in [2.05, 4.69) is 5.10 Å². The summed E-state index contributed by atoms with van der Waals surface area (Å²) < 4.78 is 27.7. The quantitative estimate of drug-likeness (QED) is 0.491. The summed E-state index contributed by atoms with van der Waals surface area (Å²) in [6, 6.07) is 10.9. The van der Waals surface area contributed by atoms with E-state index >= 15 is 0 Å². The molecule has 2 aromatic carbocycles. The van der Waals surface area contributed by atoms with Gasteiger partial charge in [0.15, 0.2) is 5.78 Å². The van der Waals surface area contributed by atoms with Crippen molar-refractivity contribution in [2.75, 3.05) is 0 Å². The number of benzene rings is 2. The molecule has 0 bridgehead atoms. The van der Waals surface area contributed by atoms with Crippen molar-refractivity contribution in [3.8, 4) is 11.3 Å². The summed E-state index contributed by atoms with van der Waals surface area (Å²) in [5, 5.41) is 13.2. The number of carboxylic acid groups (broad SMARTS) is 1. The van der Waals surface area contributed by atoms with Crippen LogP contribution < -0.4 is 0 Å². The highest BCUT2D eigenvalue weighted by molar-refractivity contribution is 6.07. The maximum absolute atomic E-state index is 13.2. The summed E-state index contributed by atoms with van der Waals surface area (Å²) in [6.07, 6.45) is 4.39. The van der Waals surface area contributed by atoms with E-state index < -0.39 is 17.6 Å². The first-order valence-electron chi connectivity index (χ1n) is 8.45. The van der Waals surface area contributed by atoms with Crippen LogP contribution in [-0.2, 0) is 11.3 Å². The van der Waals surface area contributed by atoms with E-state index in [1.807, 2.05) is 0 Å². The molecule has 0 aliphatic carbocycles. The zero-order chi connectivity index (χ0) is 20.1. The Morgan fingerprint density at radius 2 is 1.61 bits per heavy atom. The number of nitrogens with zero attached hydrogens (tertiary/aromatic N) is 2. The molecule has 142 valence electrons. The third-order valence-electron chi connectivity index (χ3n) is 4.01. The topological polar surface area (TPSA) is 72.2 Å². The standard InChI is InChI=1S/C21H16F2N2O3/c22-17-6-1-14(2-7-17)19(26)10-5-16-13-25(12-11-20(27)28)24-21(16)15-3-8-18(23)9-4-15/h1-10,13H,11-12H2,(H,27,28). The molecule has 5 nitrogen and oxygen atoms in total. The first-order valence-corrected chi connectivity index (χ1v) is 8.45. The first-order chi connectivity index (χ1) is 13.4. The lowest BCUT2D eigenvalue weighted by molar-refractivity contribution is -0.137. The Kier molecular flexibility index (Phi) is 5.74. The van der Waals surface area contributed by atoms with Crippen LogP contribution in [0.25, 0.3) is 17.3 Å². The average Bonchev–Trinajstić information content (AvgIpc) is 3.09. The molecule has 0 amide bonds. The Morgan fingerprint density at radius 3 is 2.21 bits per heavy atom. The van der Waals surface area contributed by atoms with Gasteiger partial charge in [-0.25, -0.2) is 8.78 Å². The molecule has 0 saturated heterocycles. The number of hydrogen-bond acceptors (Lipinski definition) is 3. The van der Waals surface area contributed by atoms with Crippen molar-refractivity contribution in [2.45, 2.75) is 13.0 Å². The minimum absolute atomic E-state index is 0.109. The first kappa shape index (κ1) is 19.2. The number of carbonyl (C=O) groups excluding carboxylic acids is 1. The van der Waals surface area contributed by atoms with Crippen molar-refractivity contribution in [1.29, 1.82) is 0 Å². The Hall–Kier alpha value is -3.61. The fraction of sp³-hybridized carbons (Fsp3) is 0.0952. The van der Waals surface area contributed by atoms with Gasteiger partial charge in [0.25, 0.3) is 0 Å². The van der Waals surface area contributed by atoms with Crippen LogP contribution in [0.4, 0.5) is 8.78 Å². The number of aromatic nitrogens is 2. The van der Waals surface area contributed by atoms with E-state index in [1.54, 1.807) is 24.4 Å². The number of halogens is 2. The van der Waals surface area contributed by atoms with Gasteiger partial charge in [-0.2, -0.15) is 5.10 Å². The van der Waals surface area contributed by atoms with Crippen LogP contribution in [0.2, 0.25) is 0 Å². The molecule has 0 aliphatic heterocycles. The molecular weight excluding hydrogens is 366 g/mol. The van der Waals surface area contributed by atoms with Crippen molar-refractivity contribution in [3.63, 3.8) is 0 Å². The smallest absolute Gasteiger partial charge is 0.305 e. The Bertz CT molecular complexity index is 1020. The summed E-state index contributed by atoms with van der Waals surface area (Å²) in [7, 11) is 0. The summed E-state index contributed by atoms with van der Waals surface area (Å²) in [5.74, 6) is -2.10. The van der Waals surface area contributed by atoms with Crippen LogP contribution in [0.1, 0.15) is 22.3 Å². The number of allylic oxidation sites excluding steroid dienone is 1. The lowest BCUT2D eigenvalue weighted by Gasteiger charge is -2.00. The van der Waals surface area contributed by atoms with Gasteiger partial charge in [0.1, 0.15) is 11.6 Å². The minimum Gasteiger partial charge on any atom is -0.481 e. The summed E-state index contributed by atoms with van der Waals surface area (Å²) in [4.78, 5) is 23.1. The van der Waals surface area contributed by atoms with Crippen LogP contribution in [0.5, 0.6) is 0 Å². The number of ketones is 1. The summed E-state index contributed by atoms with van der Waals surface area (Å²) >= 11 is 0. The lowest BCUT2D eigenvalue weighted by atomic mass is 10.1. The predicted molar refractivity (Wildman–Crippen MR) is 99.6 cm³/mol. The summed E-state index contributed by atoms with van der Waals surface area (Å²) in [5.41, 5.74) is 2.03. The molecule has 0 fully saturated rings. The molecule has 0 spiro atoms. The molecule has 0 unspecified atom stereocenters. The van der Waals surface area contributed by atoms with Gasteiger partial charge in [-0.1, -0.05) is 0 Å². The summed E-state index contributed by atoms with van der Waals surface area (Å²) in [6.45, 7) is 0.156. The minimum atomic E-state index is -0.956. The van der Waals surface area contributed by atoms with Crippen LogP contribution in [0.15, 0.2) is 60.8 Å². The van der Waals surface area contributed by atoms with Gasteiger partial charge in [0, 0.05) is 22.9 Å². The third kappa shape index (κ3) is 4.76. The van der Waals surface area contributed by atoms with E-state index in [1.165, 1.54) is 47.2 Å². The second-order valence-corrected chi connectivity index (χ2v) is 6.05. The number of carboxylic acids is 1. The van der Waals surface area contributed by atoms with Gasteiger partial charge in [0.05, 0.1) is 18.7 Å². The Morgan fingerprint density at radius 1 is 1.00 bits per heavy atom. The number of carbonyl (C=O) groups is 2. The van der Waals surface area contributed by atoms with Gasteiger partial charge in [-0.15, -0.1) is 0 Å². The normalized spacial score (nSPS) is 11.1. The van der Waals surface area contributed by atoms with Gasteiger partial charge in [-0.3, -0.25) is 14.3 Å². The number of aliphatic carboxylic acids is 1. The highest BCUT2D eigenvalue weighted by Gasteiger charge is 2.11. The van der Waals surface area contributed by atoms with E-state index in [0.29, 0.717) is 22.4 Å². The number of aryl methyl sites for hydroxylation is 1. The molecule has 0 aliphatic rings. The van der Waals surface area contributed by atoms with Gasteiger partial charge >= 0.3 is 5.97 Å². The van der Waals surface area contributed by atoms with Gasteiger partial charge < -0.3 is 5.11 Å². The molecule has 0 saturated carbocycles. The zero-order valence-corrected chi connectivity index (χ0v) is 14.7. The van der Waals surface area contributed by atoms with Gasteiger partial charge in [0.2, 0.25) is 0 Å². The molecule has 0 atom stereocenters. The second-order valence-electron chi connectivity index (χ2n) is 6.05. The van der Waals surface area contributed by atoms with Crippen LogP contribution >= 0.6 is 0 Å². The highest BCUT2D eigenvalue weighted by Crippen LogP contribution is 2.24. The fourth-order valence-corrected chi connectivity index (χ4v) is 2.59. The molecule has 1 N–H and O–H groups in total. The molecule has 3 rings (SSSR count). The van der Waals surface area contributed by atoms with E-state index in [-0.39, 0.29) is 18.7 Å². The van der Waals surface area contributed by atoms with E-state index in [0.717, 1.165) is 0 Å². The van der Waals surface area contributed by atoms with Crippen molar-refractivity contribution in [3.05, 3.63) is 83.6 Å². The van der Waals surface area contributed by atoms with Crippen LogP contribution in [0, 0.1) is 11.6 Å². The van der Waals surface area contributed by atoms with Crippen molar-refractivity contribution >= 4 is 17.8 Å². The van der Waals surface area contributed by atoms with Gasteiger partial charge in [-0.05, 0) is 60.7 Å². The number of rotatable bonds is 7. The monoisotopic (exact) mass is 382 g/mol. The highest BCUT2D eigenvalue weighted by atomic mass is 19.1. The maximum atomic E-state index is 13.2. The van der Waals surface area contributed by atoms with Crippen LogP contribution in [-0.4, -0.2) is 26.6 Å². The molecule has 7 heteroatoms. The van der Waals surface area contributed by atoms with Crippen LogP contribution in [0.3, 0.4) is 0 Å². The van der Waals surface area contributed by atoms with E-state index in [9.17, 15) is 18.4 Å². The molecule has 28 heavy (non-hydrogen) atoms. The Balaban J connectivity index is 1.90. The molecule has 0 radical (unpaired) electrons. The van der Waals surface area contributed by atoms with Crippen molar-refractivity contribution < 1.29 is 23.5 Å². The molecular formula is C21H16F2N2O3. The fourth-order valence-electron chi connectivity index (χ4n) is 2.59. The second kappa shape index (κ2) is 8.39.